The summed E-state index contributed by atoms with van der Waals surface area (Å²) < 4.78 is 2.52. The Balaban J connectivity index is 2.04. The van der Waals surface area contributed by atoms with E-state index in [1.165, 1.54) is 29.8 Å². The van der Waals surface area contributed by atoms with E-state index in [2.05, 4.69) is 43.6 Å². The molecule has 2 aliphatic carbocycles. The van der Waals surface area contributed by atoms with Crippen molar-refractivity contribution in [1.82, 2.24) is 4.57 Å². The largest absolute Gasteiger partial charge is 0.388 e. The van der Waals surface area contributed by atoms with E-state index in [1.807, 2.05) is 0 Å². The highest BCUT2D eigenvalue weighted by atomic mass is 16.3. The number of aryl methyl sites for hydroxylation is 1. The average Bonchev–Trinajstić information content (AvgIpc) is 2.65. The van der Waals surface area contributed by atoms with E-state index in [-0.39, 0.29) is 11.5 Å². The van der Waals surface area contributed by atoms with Gasteiger partial charge in [-0.3, -0.25) is 0 Å². The number of hydrogen-bond donors (Lipinski definition) is 1. The minimum Gasteiger partial charge on any atom is -0.388 e. The minimum atomic E-state index is -0.280. The third-order valence-corrected chi connectivity index (χ3v) is 4.73. The molecule has 2 heteroatoms. The third kappa shape index (κ3) is 2.27. The van der Waals surface area contributed by atoms with Gasteiger partial charge >= 0.3 is 0 Å². The van der Waals surface area contributed by atoms with Crippen molar-refractivity contribution in [3.8, 4) is 0 Å². The molecular formula is C17H25NO. The molecule has 1 aromatic heterocycles. The fraction of sp³-hybridized carbons (Fsp3) is 0.647. The summed E-state index contributed by atoms with van der Waals surface area (Å²) in [5.41, 5.74) is 4.11. The molecule has 2 aliphatic rings. The zero-order valence-electron chi connectivity index (χ0n) is 12.3. The van der Waals surface area contributed by atoms with Crippen LogP contribution >= 0.6 is 0 Å². The van der Waals surface area contributed by atoms with Crippen LogP contribution in [0.25, 0.3) is 0 Å². The van der Waals surface area contributed by atoms with Gasteiger partial charge < -0.3 is 9.67 Å². The molecule has 1 aromatic rings. The molecule has 1 heterocycles. The second kappa shape index (κ2) is 4.52. The van der Waals surface area contributed by atoms with Gasteiger partial charge in [0.25, 0.3) is 0 Å². The standard InChI is InChI=1S/C17H25NO/c1-12-9-14-15(10-17(2,3)11-16(14)19)18(12)13-7-5-4-6-8-13/h4-5,9,13,16,19H,6-8,10-11H2,1-3H3. The number of aromatic nitrogens is 1. The number of aliphatic hydroxyl groups excluding tert-OH is 1. The first kappa shape index (κ1) is 13.0. The van der Waals surface area contributed by atoms with E-state index in [9.17, 15) is 5.11 Å². The molecule has 2 nitrogen and oxygen atoms in total. The summed E-state index contributed by atoms with van der Waals surface area (Å²) in [5, 5.41) is 10.4. The van der Waals surface area contributed by atoms with Crippen molar-refractivity contribution in [3.05, 3.63) is 35.2 Å². The van der Waals surface area contributed by atoms with Gasteiger partial charge in [0, 0.05) is 23.0 Å². The van der Waals surface area contributed by atoms with Crippen LogP contribution in [0, 0.1) is 12.3 Å². The number of hydrogen-bond acceptors (Lipinski definition) is 1. The first-order valence-corrected chi connectivity index (χ1v) is 7.51. The SMILES string of the molecule is Cc1cc2c(n1C1CC=CCC1)CC(C)(C)CC2O. The van der Waals surface area contributed by atoms with Gasteiger partial charge in [0.1, 0.15) is 0 Å². The smallest absolute Gasteiger partial charge is 0.0812 e. The molecule has 0 radical (unpaired) electrons. The van der Waals surface area contributed by atoms with Crippen molar-refractivity contribution < 1.29 is 5.11 Å². The predicted molar refractivity (Wildman–Crippen MR) is 78.3 cm³/mol. The van der Waals surface area contributed by atoms with Crippen LogP contribution in [-0.2, 0) is 6.42 Å². The first-order chi connectivity index (χ1) is 8.98. The summed E-state index contributed by atoms with van der Waals surface area (Å²) >= 11 is 0. The number of nitrogens with zero attached hydrogens (tertiary/aromatic N) is 1. The summed E-state index contributed by atoms with van der Waals surface area (Å²) in [6, 6.07) is 2.81. The van der Waals surface area contributed by atoms with Crippen LogP contribution in [-0.4, -0.2) is 9.67 Å². The van der Waals surface area contributed by atoms with Crippen molar-refractivity contribution in [2.24, 2.45) is 5.41 Å². The topological polar surface area (TPSA) is 25.2 Å². The van der Waals surface area contributed by atoms with Crippen LogP contribution in [0.2, 0.25) is 0 Å². The highest BCUT2D eigenvalue weighted by Crippen LogP contribution is 2.43. The fourth-order valence-electron chi connectivity index (χ4n) is 3.88. The molecular weight excluding hydrogens is 234 g/mol. The molecule has 2 unspecified atom stereocenters. The van der Waals surface area contributed by atoms with E-state index in [0.717, 1.165) is 19.3 Å². The number of allylic oxidation sites excluding steroid dienone is 2. The number of aliphatic hydroxyl groups is 1. The van der Waals surface area contributed by atoms with Crippen LogP contribution < -0.4 is 0 Å². The maximum absolute atomic E-state index is 10.4. The van der Waals surface area contributed by atoms with Crippen molar-refractivity contribution in [3.63, 3.8) is 0 Å². The van der Waals surface area contributed by atoms with Gasteiger partial charge in [-0.2, -0.15) is 0 Å². The minimum absolute atomic E-state index is 0.208. The van der Waals surface area contributed by atoms with Gasteiger partial charge in [-0.05, 0) is 50.5 Å². The molecule has 19 heavy (non-hydrogen) atoms. The van der Waals surface area contributed by atoms with Crippen LogP contribution in [0.5, 0.6) is 0 Å². The van der Waals surface area contributed by atoms with Gasteiger partial charge in [-0.1, -0.05) is 26.0 Å². The predicted octanol–water partition coefficient (Wildman–Crippen LogP) is 4.08. The lowest BCUT2D eigenvalue weighted by Gasteiger charge is -2.35. The summed E-state index contributed by atoms with van der Waals surface area (Å²) in [6.07, 6.45) is 9.85. The lowest BCUT2D eigenvalue weighted by Crippen LogP contribution is -2.28. The molecule has 0 saturated carbocycles. The van der Waals surface area contributed by atoms with Crippen molar-refractivity contribution in [1.29, 1.82) is 0 Å². The second-order valence-corrected chi connectivity index (χ2v) is 7.06. The quantitative estimate of drug-likeness (QED) is 0.755. The van der Waals surface area contributed by atoms with E-state index >= 15 is 0 Å². The molecule has 0 saturated heterocycles. The van der Waals surface area contributed by atoms with Crippen LogP contribution in [0.1, 0.15) is 68.6 Å². The lowest BCUT2D eigenvalue weighted by molar-refractivity contribution is 0.0973. The molecule has 0 aromatic carbocycles. The van der Waals surface area contributed by atoms with E-state index < -0.39 is 0 Å². The Morgan fingerprint density at radius 2 is 2.11 bits per heavy atom. The van der Waals surface area contributed by atoms with Crippen LogP contribution in [0.4, 0.5) is 0 Å². The molecule has 0 amide bonds. The summed E-state index contributed by atoms with van der Waals surface area (Å²) in [7, 11) is 0. The highest BCUT2D eigenvalue weighted by molar-refractivity contribution is 5.34. The van der Waals surface area contributed by atoms with Gasteiger partial charge in [0.05, 0.1) is 6.10 Å². The highest BCUT2D eigenvalue weighted by Gasteiger charge is 2.35. The van der Waals surface area contributed by atoms with Crippen LogP contribution in [0.15, 0.2) is 18.2 Å². The van der Waals surface area contributed by atoms with Gasteiger partial charge in [0.15, 0.2) is 0 Å². The Kier molecular flexibility index (Phi) is 3.09. The summed E-state index contributed by atoms with van der Waals surface area (Å²) in [6.45, 7) is 6.73. The van der Waals surface area contributed by atoms with Gasteiger partial charge in [0.2, 0.25) is 0 Å². The maximum Gasteiger partial charge on any atom is 0.0812 e. The van der Waals surface area contributed by atoms with Crippen molar-refractivity contribution in [2.45, 2.75) is 65.0 Å². The average molecular weight is 259 g/mol. The van der Waals surface area contributed by atoms with Gasteiger partial charge in [-0.15, -0.1) is 0 Å². The van der Waals surface area contributed by atoms with Gasteiger partial charge in [-0.25, -0.2) is 0 Å². The second-order valence-electron chi connectivity index (χ2n) is 7.06. The Morgan fingerprint density at radius 1 is 1.32 bits per heavy atom. The molecule has 0 bridgehead atoms. The molecule has 1 N–H and O–H groups in total. The molecule has 2 atom stereocenters. The number of rotatable bonds is 1. The summed E-state index contributed by atoms with van der Waals surface area (Å²) in [4.78, 5) is 0. The Hall–Kier alpha value is -1.02. The maximum atomic E-state index is 10.4. The zero-order valence-corrected chi connectivity index (χ0v) is 12.3. The first-order valence-electron chi connectivity index (χ1n) is 7.51. The zero-order chi connectivity index (χ0) is 13.6. The lowest BCUT2D eigenvalue weighted by atomic mass is 9.75. The Bertz CT molecular complexity index is 510. The van der Waals surface area contributed by atoms with Crippen molar-refractivity contribution in [2.75, 3.05) is 0 Å². The molecule has 0 fully saturated rings. The molecule has 3 rings (SSSR count). The number of fused-ring (bicyclic) bond motifs is 1. The normalized spacial score (nSPS) is 29.3. The third-order valence-electron chi connectivity index (χ3n) is 4.73. The van der Waals surface area contributed by atoms with E-state index in [1.54, 1.807) is 0 Å². The monoisotopic (exact) mass is 259 g/mol. The Morgan fingerprint density at radius 3 is 2.79 bits per heavy atom. The molecule has 0 aliphatic heterocycles. The van der Waals surface area contributed by atoms with E-state index in [0.29, 0.717) is 6.04 Å². The summed E-state index contributed by atoms with van der Waals surface area (Å²) in [5.74, 6) is 0. The fourth-order valence-corrected chi connectivity index (χ4v) is 3.88. The van der Waals surface area contributed by atoms with Crippen LogP contribution in [0.3, 0.4) is 0 Å². The molecule has 0 spiro atoms. The van der Waals surface area contributed by atoms with Crippen molar-refractivity contribution >= 4 is 0 Å². The molecule has 104 valence electrons. The van der Waals surface area contributed by atoms with E-state index in [4.69, 9.17) is 0 Å². The Labute approximate surface area is 116 Å².